The van der Waals surface area contributed by atoms with Gasteiger partial charge in [-0.25, -0.2) is 0 Å². The van der Waals surface area contributed by atoms with E-state index in [1.807, 2.05) is 12.1 Å². The normalized spacial score (nSPS) is 20.6. The van der Waals surface area contributed by atoms with Crippen LogP contribution in [0.1, 0.15) is 5.56 Å². The zero-order chi connectivity index (χ0) is 11.5. The Morgan fingerprint density at radius 2 is 2.19 bits per heavy atom. The van der Waals surface area contributed by atoms with Gasteiger partial charge in [-0.3, -0.25) is 4.79 Å². The lowest BCUT2D eigenvalue weighted by Crippen LogP contribution is -2.52. The molecule has 0 bridgehead atoms. The Balaban J connectivity index is 2.08. The summed E-state index contributed by atoms with van der Waals surface area (Å²) in [5.41, 5.74) is 0.961. The summed E-state index contributed by atoms with van der Waals surface area (Å²) in [5.74, 6) is 0.0226. The predicted octanol–water partition coefficient (Wildman–Crippen LogP) is 1.62. The minimum atomic E-state index is 0.0226. The topological polar surface area (TPSA) is 41.1 Å². The molecule has 2 rings (SSSR count). The molecule has 1 aromatic carbocycles. The van der Waals surface area contributed by atoms with Gasteiger partial charge in [-0.15, -0.1) is 0 Å². The number of carbonyl (C=O) groups excluding carboxylic acids is 1. The van der Waals surface area contributed by atoms with E-state index in [2.05, 4.69) is 10.6 Å². The van der Waals surface area contributed by atoms with Gasteiger partial charge in [0.25, 0.3) is 0 Å². The molecule has 2 N–H and O–H groups in total. The van der Waals surface area contributed by atoms with Crippen molar-refractivity contribution in [2.75, 3.05) is 13.1 Å². The van der Waals surface area contributed by atoms with E-state index in [0.717, 1.165) is 12.1 Å². The highest BCUT2D eigenvalue weighted by Gasteiger charge is 2.19. The van der Waals surface area contributed by atoms with Gasteiger partial charge in [-0.2, -0.15) is 0 Å². The summed E-state index contributed by atoms with van der Waals surface area (Å²) in [6.45, 7) is 1.15. The van der Waals surface area contributed by atoms with Crippen molar-refractivity contribution < 1.29 is 4.79 Å². The lowest BCUT2D eigenvalue weighted by molar-refractivity contribution is -0.122. The van der Waals surface area contributed by atoms with Crippen LogP contribution in [0.15, 0.2) is 18.2 Å². The van der Waals surface area contributed by atoms with Crippen LogP contribution in [0, 0.1) is 0 Å². The fourth-order valence-corrected chi connectivity index (χ4v) is 2.18. The van der Waals surface area contributed by atoms with Crippen molar-refractivity contribution in [3.63, 3.8) is 0 Å². The summed E-state index contributed by atoms with van der Waals surface area (Å²) >= 11 is 12.0. The van der Waals surface area contributed by atoms with Crippen LogP contribution >= 0.6 is 23.2 Å². The maximum atomic E-state index is 11.2. The number of rotatable bonds is 2. The Hall–Kier alpha value is -0.770. The SMILES string of the molecule is O=C1CNCC(Cc2cccc(Cl)c2Cl)N1. The van der Waals surface area contributed by atoms with E-state index < -0.39 is 0 Å². The monoisotopic (exact) mass is 258 g/mol. The maximum Gasteiger partial charge on any atom is 0.234 e. The fraction of sp³-hybridized carbons (Fsp3) is 0.364. The quantitative estimate of drug-likeness (QED) is 0.847. The van der Waals surface area contributed by atoms with E-state index in [1.54, 1.807) is 6.07 Å². The average Bonchev–Trinajstić information content (AvgIpc) is 2.25. The van der Waals surface area contributed by atoms with Crippen molar-refractivity contribution in [1.29, 1.82) is 0 Å². The first-order chi connectivity index (χ1) is 7.66. The second-order valence-corrected chi connectivity index (χ2v) is 4.60. The number of benzene rings is 1. The number of piperazine rings is 1. The summed E-state index contributed by atoms with van der Waals surface area (Å²) in [6.07, 6.45) is 0.693. The Kier molecular flexibility index (Phi) is 3.69. The third-order valence-electron chi connectivity index (χ3n) is 2.54. The van der Waals surface area contributed by atoms with Gasteiger partial charge in [-0.1, -0.05) is 35.3 Å². The number of hydrogen-bond donors (Lipinski definition) is 2. The molecule has 0 saturated carbocycles. The van der Waals surface area contributed by atoms with Crippen molar-refractivity contribution in [3.05, 3.63) is 33.8 Å². The van der Waals surface area contributed by atoms with Gasteiger partial charge in [0, 0.05) is 12.6 Å². The summed E-state index contributed by atoms with van der Waals surface area (Å²) < 4.78 is 0. The lowest BCUT2D eigenvalue weighted by Gasteiger charge is -2.24. The van der Waals surface area contributed by atoms with Crippen LogP contribution in [0.2, 0.25) is 10.0 Å². The van der Waals surface area contributed by atoms with Gasteiger partial charge in [0.05, 0.1) is 16.6 Å². The number of halogens is 2. The minimum Gasteiger partial charge on any atom is -0.351 e. The van der Waals surface area contributed by atoms with Gasteiger partial charge < -0.3 is 10.6 Å². The van der Waals surface area contributed by atoms with Crippen molar-refractivity contribution in [1.82, 2.24) is 10.6 Å². The molecule has 1 aliphatic heterocycles. The molecule has 1 atom stereocenters. The molecule has 86 valence electrons. The molecule has 1 saturated heterocycles. The number of nitrogens with one attached hydrogen (secondary N) is 2. The van der Waals surface area contributed by atoms with Crippen LogP contribution < -0.4 is 10.6 Å². The third-order valence-corrected chi connectivity index (χ3v) is 3.40. The van der Waals surface area contributed by atoms with E-state index in [4.69, 9.17) is 23.2 Å². The first kappa shape index (κ1) is 11.7. The Morgan fingerprint density at radius 1 is 1.38 bits per heavy atom. The van der Waals surface area contributed by atoms with Crippen LogP contribution in [-0.2, 0) is 11.2 Å². The maximum absolute atomic E-state index is 11.2. The van der Waals surface area contributed by atoms with Crippen LogP contribution in [0.3, 0.4) is 0 Å². The van der Waals surface area contributed by atoms with Crippen LogP contribution in [-0.4, -0.2) is 25.0 Å². The molecule has 1 aliphatic rings. The number of hydrogen-bond acceptors (Lipinski definition) is 2. The third kappa shape index (κ3) is 2.67. The van der Waals surface area contributed by atoms with E-state index in [-0.39, 0.29) is 11.9 Å². The summed E-state index contributed by atoms with van der Waals surface area (Å²) in [7, 11) is 0. The molecule has 0 aromatic heterocycles. The van der Waals surface area contributed by atoms with E-state index in [1.165, 1.54) is 0 Å². The molecule has 1 fully saturated rings. The molecule has 1 amide bonds. The molecule has 1 heterocycles. The zero-order valence-electron chi connectivity index (χ0n) is 8.59. The van der Waals surface area contributed by atoms with Crippen LogP contribution in [0.4, 0.5) is 0 Å². The van der Waals surface area contributed by atoms with Crippen LogP contribution in [0.5, 0.6) is 0 Å². The highest BCUT2D eigenvalue weighted by Crippen LogP contribution is 2.26. The summed E-state index contributed by atoms with van der Waals surface area (Å²) in [5, 5.41) is 7.08. The molecule has 1 aromatic rings. The van der Waals surface area contributed by atoms with Crippen molar-refractivity contribution in [2.24, 2.45) is 0 Å². The van der Waals surface area contributed by atoms with Gasteiger partial charge in [0.15, 0.2) is 0 Å². The molecule has 3 nitrogen and oxygen atoms in total. The highest BCUT2D eigenvalue weighted by atomic mass is 35.5. The number of carbonyl (C=O) groups is 1. The standard InChI is InChI=1S/C11H12Cl2N2O/c12-9-3-1-2-7(11(9)13)4-8-5-14-6-10(16)15-8/h1-3,8,14H,4-6H2,(H,15,16). The van der Waals surface area contributed by atoms with E-state index in [0.29, 0.717) is 23.0 Å². The molecule has 0 radical (unpaired) electrons. The van der Waals surface area contributed by atoms with E-state index in [9.17, 15) is 4.79 Å². The van der Waals surface area contributed by atoms with E-state index >= 15 is 0 Å². The van der Waals surface area contributed by atoms with Gasteiger partial charge in [0.2, 0.25) is 5.91 Å². The first-order valence-corrected chi connectivity index (χ1v) is 5.85. The second-order valence-electron chi connectivity index (χ2n) is 3.81. The molecule has 0 spiro atoms. The minimum absolute atomic E-state index is 0.0226. The number of amides is 1. The Labute approximate surface area is 104 Å². The summed E-state index contributed by atoms with van der Waals surface area (Å²) in [6, 6.07) is 5.62. The second kappa shape index (κ2) is 5.04. The molecule has 1 unspecified atom stereocenters. The predicted molar refractivity (Wildman–Crippen MR) is 65.0 cm³/mol. The molecular formula is C11H12Cl2N2O. The van der Waals surface area contributed by atoms with Crippen LogP contribution in [0.25, 0.3) is 0 Å². The van der Waals surface area contributed by atoms with Gasteiger partial charge in [-0.05, 0) is 18.1 Å². The molecule has 5 heteroatoms. The smallest absolute Gasteiger partial charge is 0.234 e. The molecule has 16 heavy (non-hydrogen) atoms. The highest BCUT2D eigenvalue weighted by molar-refractivity contribution is 6.42. The van der Waals surface area contributed by atoms with Crippen molar-refractivity contribution in [3.8, 4) is 0 Å². The van der Waals surface area contributed by atoms with Gasteiger partial charge in [0.1, 0.15) is 0 Å². The largest absolute Gasteiger partial charge is 0.351 e. The molecule has 0 aliphatic carbocycles. The average molecular weight is 259 g/mol. The van der Waals surface area contributed by atoms with Gasteiger partial charge >= 0.3 is 0 Å². The first-order valence-electron chi connectivity index (χ1n) is 5.10. The zero-order valence-corrected chi connectivity index (χ0v) is 10.1. The lowest BCUT2D eigenvalue weighted by atomic mass is 10.0. The fourth-order valence-electron chi connectivity index (χ4n) is 1.78. The molecular weight excluding hydrogens is 247 g/mol. The Bertz CT molecular complexity index is 409. The Morgan fingerprint density at radius 3 is 2.94 bits per heavy atom. The van der Waals surface area contributed by atoms with Crippen molar-refractivity contribution in [2.45, 2.75) is 12.5 Å². The van der Waals surface area contributed by atoms with Crippen molar-refractivity contribution >= 4 is 29.1 Å². The summed E-state index contributed by atoms with van der Waals surface area (Å²) in [4.78, 5) is 11.2.